The largest absolute Gasteiger partial charge is 0.440 e. The average Bonchev–Trinajstić information content (AvgIpc) is 3.53. The van der Waals surface area contributed by atoms with E-state index < -0.39 is 0 Å². The molecule has 0 saturated carbocycles. The Morgan fingerprint density at radius 3 is 2.74 bits per heavy atom. The number of thiophene rings is 1. The second kappa shape index (κ2) is 8.86. The molecule has 4 heterocycles. The molecule has 0 bridgehead atoms. The monoisotopic (exact) mass is 453 g/mol. The van der Waals surface area contributed by atoms with E-state index in [9.17, 15) is 0 Å². The van der Waals surface area contributed by atoms with Crippen LogP contribution in [-0.4, -0.2) is 46.1 Å². The van der Waals surface area contributed by atoms with E-state index in [0.717, 1.165) is 46.2 Å². The molecule has 0 radical (unpaired) electrons. The summed E-state index contributed by atoms with van der Waals surface area (Å²) in [5.41, 5.74) is 3.19. The van der Waals surface area contributed by atoms with Crippen LogP contribution in [0.25, 0.3) is 16.5 Å². The Kier molecular flexibility index (Phi) is 5.80. The molecular weight excluding hydrogens is 430 g/mol. The molecular formula is C22H23N5O2S2. The number of morpholine rings is 1. The number of anilines is 1. The molecule has 1 fully saturated rings. The van der Waals surface area contributed by atoms with Gasteiger partial charge in [-0.3, -0.25) is 4.57 Å². The van der Waals surface area contributed by atoms with Crippen molar-refractivity contribution < 1.29 is 9.15 Å². The van der Waals surface area contributed by atoms with Gasteiger partial charge >= 0.3 is 0 Å². The Balaban J connectivity index is 1.44. The molecule has 1 aliphatic rings. The van der Waals surface area contributed by atoms with Gasteiger partial charge in [0.2, 0.25) is 11.8 Å². The number of hydrogen-bond donors (Lipinski definition) is 0. The van der Waals surface area contributed by atoms with Crippen LogP contribution in [0.1, 0.15) is 17.0 Å². The van der Waals surface area contributed by atoms with Crippen LogP contribution in [0, 0.1) is 13.8 Å². The van der Waals surface area contributed by atoms with Crippen molar-refractivity contribution in [3.05, 3.63) is 58.8 Å². The van der Waals surface area contributed by atoms with Crippen molar-refractivity contribution in [2.75, 3.05) is 31.2 Å². The zero-order valence-corrected chi connectivity index (χ0v) is 19.1. The van der Waals surface area contributed by atoms with Crippen molar-refractivity contribution >= 4 is 29.0 Å². The number of aromatic nitrogens is 4. The molecule has 9 heteroatoms. The second-order valence-corrected chi connectivity index (χ2v) is 9.23. The summed E-state index contributed by atoms with van der Waals surface area (Å²) in [6.07, 6.45) is 0. The van der Waals surface area contributed by atoms with Gasteiger partial charge in [0.1, 0.15) is 5.76 Å². The van der Waals surface area contributed by atoms with Crippen LogP contribution < -0.4 is 4.90 Å². The topological polar surface area (TPSA) is 69.2 Å². The van der Waals surface area contributed by atoms with Crippen LogP contribution in [0.3, 0.4) is 0 Å². The Morgan fingerprint density at radius 1 is 1.10 bits per heavy atom. The number of aryl methyl sites for hydroxylation is 2. The molecule has 0 aliphatic carbocycles. The summed E-state index contributed by atoms with van der Waals surface area (Å²) in [7, 11) is 0. The van der Waals surface area contributed by atoms with Crippen LogP contribution in [-0.2, 0) is 10.5 Å². The van der Waals surface area contributed by atoms with E-state index >= 15 is 0 Å². The number of benzene rings is 1. The maximum atomic E-state index is 5.90. The normalized spacial score (nSPS) is 14.3. The summed E-state index contributed by atoms with van der Waals surface area (Å²) in [6, 6.07) is 12.5. The molecule has 0 unspecified atom stereocenters. The highest BCUT2D eigenvalue weighted by Gasteiger charge is 2.22. The van der Waals surface area contributed by atoms with Crippen molar-refractivity contribution in [3.63, 3.8) is 0 Å². The Bertz CT molecular complexity index is 1160. The van der Waals surface area contributed by atoms with Gasteiger partial charge in [-0.15, -0.1) is 21.5 Å². The number of rotatable bonds is 6. The van der Waals surface area contributed by atoms with E-state index in [1.165, 1.54) is 5.56 Å². The first-order valence-corrected chi connectivity index (χ1v) is 12.0. The lowest BCUT2D eigenvalue weighted by molar-refractivity contribution is 0.122. The lowest BCUT2D eigenvalue weighted by atomic mass is 10.2. The minimum absolute atomic E-state index is 0.660. The second-order valence-electron chi connectivity index (χ2n) is 7.34. The molecule has 3 aromatic heterocycles. The van der Waals surface area contributed by atoms with Gasteiger partial charge in [-0.1, -0.05) is 30.0 Å². The third kappa shape index (κ3) is 4.26. The lowest BCUT2D eigenvalue weighted by Gasteiger charge is -2.28. The van der Waals surface area contributed by atoms with E-state index in [2.05, 4.69) is 50.9 Å². The first-order valence-electron chi connectivity index (χ1n) is 10.2. The number of nitrogens with zero attached hydrogens (tertiary/aromatic N) is 5. The smallest absolute Gasteiger partial charge is 0.236 e. The van der Waals surface area contributed by atoms with Gasteiger partial charge in [-0.25, -0.2) is 4.98 Å². The van der Waals surface area contributed by atoms with Crippen LogP contribution in [0.2, 0.25) is 0 Å². The van der Waals surface area contributed by atoms with Gasteiger partial charge in [0.25, 0.3) is 0 Å². The molecule has 160 valence electrons. The molecule has 31 heavy (non-hydrogen) atoms. The minimum Gasteiger partial charge on any atom is -0.440 e. The zero-order valence-electron chi connectivity index (χ0n) is 17.4. The van der Waals surface area contributed by atoms with Gasteiger partial charge in [0.15, 0.2) is 5.16 Å². The van der Waals surface area contributed by atoms with E-state index in [1.807, 2.05) is 24.4 Å². The summed E-state index contributed by atoms with van der Waals surface area (Å²) in [5.74, 6) is 3.03. The summed E-state index contributed by atoms with van der Waals surface area (Å²) in [5, 5.41) is 12.0. The highest BCUT2D eigenvalue weighted by atomic mass is 32.2. The number of ether oxygens (including phenoxy) is 1. The van der Waals surface area contributed by atoms with Crippen LogP contribution in [0.4, 0.5) is 5.95 Å². The summed E-state index contributed by atoms with van der Waals surface area (Å²) < 4.78 is 13.6. The average molecular weight is 454 g/mol. The molecule has 7 nitrogen and oxygen atoms in total. The highest BCUT2D eigenvalue weighted by Crippen LogP contribution is 2.32. The number of oxazole rings is 1. The van der Waals surface area contributed by atoms with Crippen LogP contribution >= 0.6 is 23.1 Å². The van der Waals surface area contributed by atoms with Crippen LogP contribution in [0.15, 0.2) is 51.4 Å². The van der Waals surface area contributed by atoms with E-state index in [0.29, 0.717) is 24.9 Å². The molecule has 0 N–H and O–H groups in total. The minimum atomic E-state index is 0.660. The van der Waals surface area contributed by atoms with Crippen molar-refractivity contribution in [1.82, 2.24) is 19.7 Å². The maximum Gasteiger partial charge on any atom is 0.236 e. The van der Waals surface area contributed by atoms with Gasteiger partial charge in [-0.05, 0) is 43.0 Å². The lowest BCUT2D eigenvalue weighted by Crippen LogP contribution is -2.37. The van der Waals surface area contributed by atoms with Gasteiger partial charge < -0.3 is 14.1 Å². The number of hydrogen-bond acceptors (Lipinski definition) is 8. The molecule has 0 spiro atoms. The Hall–Kier alpha value is -2.62. The Labute approximate surface area is 189 Å². The molecule has 1 aromatic carbocycles. The fourth-order valence-electron chi connectivity index (χ4n) is 3.52. The predicted octanol–water partition coefficient (Wildman–Crippen LogP) is 4.73. The summed E-state index contributed by atoms with van der Waals surface area (Å²) in [4.78, 5) is 7.99. The van der Waals surface area contributed by atoms with E-state index in [1.54, 1.807) is 23.1 Å². The first-order chi connectivity index (χ1) is 15.2. The molecule has 5 rings (SSSR count). The molecule has 0 atom stereocenters. The first kappa shape index (κ1) is 20.3. The third-order valence-corrected chi connectivity index (χ3v) is 6.93. The van der Waals surface area contributed by atoms with Gasteiger partial charge in [-0.2, -0.15) is 0 Å². The standard InChI is InChI=1S/C22H23N5O2S2/c1-15-5-3-6-17(13-15)27-21(26-8-10-28-11-9-26)24-25-22(27)31-14-18-16(2)29-20(23-18)19-7-4-12-30-19/h3-7,12-13H,8-11,14H2,1-2H3. The predicted molar refractivity (Wildman–Crippen MR) is 123 cm³/mol. The summed E-state index contributed by atoms with van der Waals surface area (Å²) in [6.45, 7) is 7.08. The van der Waals surface area contributed by atoms with Crippen molar-refractivity contribution in [2.24, 2.45) is 0 Å². The quantitative estimate of drug-likeness (QED) is 0.391. The SMILES string of the molecule is Cc1cccc(-n2c(SCc3nc(-c4cccs4)oc3C)nnc2N2CCOCC2)c1. The highest BCUT2D eigenvalue weighted by molar-refractivity contribution is 7.98. The zero-order chi connectivity index (χ0) is 21.2. The fourth-order valence-corrected chi connectivity index (χ4v) is 5.11. The van der Waals surface area contributed by atoms with Crippen molar-refractivity contribution in [1.29, 1.82) is 0 Å². The van der Waals surface area contributed by atoms with Gasteiger partial charge in [0.05, 0.1) is 29.5 Å². The van der Waals surface area contributed by atoms with Crippen molar-refractivity contribution in [2.45, 2.75) is 24.8 Å². The summed E-state index contributed by atoms with van der Waals surface area (Å²) >= 11 is 3.25. The molecule has 0 amide bonds. The number of thioether (sulfide) groups is 1. The Morgan fingerprint density at radius 2 is 1.97 bits per heavy atom. The van der Waals surface area contributed by atoms with E-state index in [-0.39, 0.29) is 0 Å². The fraction of sp³-hybridized carbons (Fsp3) is 0.318. The molecule has 1 saturated heterocycles. The van der Waals surface area contributed by atoms with E-state index in [4.69, 9.17) is 14.1 Å². The molecule has 1 aliphatic heterocycles. The van der Waals surface area contributed by atoms with Gasteiger partial charge in [0, 0.05) is 18.8 Å². The molecule has 4 aromatic rings. The third-order valence-electron chi connectivity index (χ3n) is 5.13. The van der Waals surface area contributed by atoms with Crippen LogP contribution in [0.5, 0.6) is 0 Å². The maximum absolute atomic E-state index is 5.90. The van der Waals surface area contributed by atoms with Crippen molar-refractivity contribution in [3.8, 4) is 16.5 Å².